The molecule has 2 amide bonds. The third kappa shape index (κ3) is 9.50. The van der Waals surface area contributed by atoms with E-state index in [1.165, 1.54) is 0 Å². The first-order valence-corrected chi connectivity index (χ1v) is 12.0. The van der Waals surface area contributed by atoms with Gasteiger partial charge in [0.2, 0.25) is 22.0 Å². The fraction of sp³-hybridized carbons (Fsp3) is 0.261. The van der Waals surface area contributed by atoms with E-state index in [2.05, 4.69) is 10.6 Å². The van der Waals surface area contributed by atoms with Crippen LogP contribution in [0.4, 0.5) is 0 Å². The van der Waals surface area contributed by atoms with E-state index < -0.39 is 23.8 Å². The number of benzene rings is 2. The van der Waals surface area contributed by atoms with Crippen molar-refractivity contribution in [3.8, 4) is 0 Å². The van der Waals surface area contributed by atoms with Crippen LogP contribution in [-0.4, -0.2) is 58.7 Å². The molecule has 0 spiro atoms. The topological polar surface area (TPSA) is 119 Å². The van der Waals surface area contributed by atoms with Gasteiger partial charge in [0.1, 0.15) is 6.04 Å². The van der Waals surface area contributed by atoms with E-state index in [-0.39, 0.29) is 34.9 Å². The van der Waals surface area contributed by atoms with Crippen LogP contribution in [0.1, 0.15) is 27.6 Å². The zero-order valence-corrected chi connectivity index (χ0v) is 19.6. The largest absolute Gasteiger partial charge is 0.464 e. The number of esters is 1. The SMILES string of the molecule is CCOC(=O)C(CNC(=O)CSC(=O)c1ccccc1)NC(=O)CSC(=O)c1ccccc1. The van der Waals surface area contributed by atoms with Crippen LogP contribution in [0.5, 0.6) is 0 Å². The number of amides is 2. The molecule has 8 nitrogen and oxygen atoms in total. The van der Waals surface area contributed by atoms with E-state index in [0.29, 0.717) is 11.1 Å². The number of carbonyl (C=O) groups is 5. The average Bonchev–Trinajstić information content (AvgIpc) is 2.84. The second-order valence-corrected chi connectivity index (χ2v) is 8.46. The molecule has 2 aromatic rings. The molecule has 33 heavy (non-hydrogen) atoms. The smallest absolute Gasteiger partial charge is 0.330 e. The van der Waals surface area contributed by atoms with Crippen molar-refractivity contribution in [3.63, 3.8) is 0 Å². The van der Waals surface area contributed by atoms with Gasteiger partial charge >= 0.3 is 5.97 Å². The molecule has 174 valence electrons. The Labute approximate surface area is 200 Å². The summed E-state index contributed by atoms with van der Waals surface area (Å²) in [5.41, 5.74) is 0.946. The fourth-order valence-electron chi connectivity index (χ4n) is 2.52. The van der Waals surface area contributed by atoms with Gasteiger partial charge in [0, 0.05) is 17.7 Å². The van der Waals surface area contributed by atoms with Gasteiger partial charge in [-0.1, -0.05) is 84.2 Å². The highest BCUT2D eigenvalue weighted by Crippen LogP contribution is 2.12. The van der Waals surface area contributed by atoms with Crippen LogP contribution >= 0.6 is 23.5 Å². The lowest BCUT2D eigenvalue weighted by molar-refractivity contribution is -0.147. The molecule has 1 unspecified atom stereocenters. The van der Waals surface area contributed by atoms with E-state index in [0.717, 1.165) is 23.5 Å². The molecule has 2 aromatic carbocycles. The zero-order valence-electron chi connectivity index (χ0n) is 17.9. The van der Waals surface area contributed by atoms with Crippen molar-refractivity contribution in [2.45, 2.75) is 13.0 Å². The number of hydrogen-bond donors (Lipinski definition) is 2. The van der Waals surface area contributed by atoms with Crippen molar-refractivity contribution >= 4 is 51.5 Å². The Bertz CT molecular complexity index is 969. The van der Waals surface area contributed by atoms with Crippen molar-refractivity contribution in [3.05, 3.63) is 71.8 Å². The van der Waals surface area contributed by atoms with Gasteiger partial charge in [-0.25, -0.2) is 4.79 Å². The lowest BCUT2D eigenvalue weighted by Gasteiger charge is -2.17. The second kappa shape index (κ2) is 14.1. The summed E-state index contributed by atoms with van der Waals surface area (Å²) >= 11 is 1.64. The molecule has 0 saturated carbocycles. The van der Waals surface area contributed by atoms with E-state index in [1.807, 2.05) is 0 Å². The Morgan fingerprint density at radius 2 is 1.27 bits per heavy atom. The van der Waals surface area contributed by atoms with Crippen LogP contribution in [0.3, 0.4) is 0 Å². The third-order valence-corrected chi connectivity index (χ3v) is 5.91. The fourth-order valence-corrected chi connectivity index (χ4v) is 3.83. The number of carbonyl (C=O) groups excluding carboxylic acids is 5. The third-order valence-electron chi connectivity index (χ3n) is 4.10. The zero-order chi connectivity index (χ0) is 24.1. The Balaban J connectivity index is 1.82. The van der Waals surface area contributed by atoms with E-state index >= 15 is 0 Å². The van der Waals surface area contributed by atoms with Gasteiger partial charge in [-0.15, -0.1) is 0 Å². The van der Waals surface area contributed by atoms with Gasteiger partial charge in [-0.05, 0) is 6.92 Å². The van der Waals surface area contributed by atoms with Gasteiger partial charge in [0.05, 0.1) is 18.1 Å². The predicted octanol–water partition coefficient (Wildman–Crippen LogP) is 2.30. The number of nitrogens with one attached hydrogen (secondary N) is 2. The molecular weight excluding hydrogens is 464 g/mol. The molecule has 0 heterocycles. The molecule has 10 heteroatoms. The molecule has 0 aliphatic carbocycles. The van der Waals surface area contributed by atoms with Crippen LogP contribution in [-0.2, 0) is 19.1 Å². The molecule has 0 saturated heterocycles. The Morgan fingerprint density at radius 3 is 1.76 bits per heavy atom. The minimum absolute atomic E-state index is 0.0990. The summed E-state index contributed by atoms with van der Waals surface area (Å²) in [5, 5.41) is 4.48. The number of rotatable bonds is 11. The van der Waals surface area contributed by atoms with Crippen LogP contribution < -0.4 is 10.6 Å². The van der Waals surface area contributed by atoms with E-state index in [9.17, 15) is 24.0 Å². The van der Waals surface area contributed by atoms with Crippen LogP contribution in [0.25, 0.3) is 0 Å². The number of thioether (sulfide) groups is 2. The molecule has 0 aliphatic rings. The first-order chi connectivity index (χ1) is 15.9. The molecular formula is C23H24N2O6S2. The van der Waals surface area contributed by atoms with Gasteiger partial charge in [0.15, 0.2) is 0 Å². The molecule has 2 rings (SSSR count). The summed E-state index contributed by atoms with van der Waals surface area (Å²) in [6.45, 7) is 1.51. The lowest BCUT2D eigenvalue weighted by Crippen LogP contribution is -2.50. The Morgan fingerprint density at radius 1 is 0.788 bits per heavy atom. The highest BCUT2D eigenvalue weighted by atomic mass is 32.2. The minimum Gasteiger partial charge on any atom is -0.464 e. The summed E-state index contributed by atoms with van der Waals surface area (Å²) in [4.78, 5) is 60.8. The Hall–Kier alpha value is -3.11. The quantitative estimate of drug-likeness (QED) is 0.463. The average molecular weight is 489 g/mol. The van der Waals surface area contributed by atoms with Crippen molar-refractivity contribution < 1.29 is 28.7 Å². The van der Waals surface area contributed by atoms with Crippen LogP contribution in [0.2, 0.25) is 0 Å². The van der Waals surface area contributed by atoms with Crippen LogP contribution in [0.15, 0.2) is 60.7 Å². The minimum atomic E-state index is -1.12. The summed E-state index contributed by atoms with van der Waals surface area (Å²) in [7, 11) is 0. The van der Waals surface area contributed by atoms with Crippen LogP contribution in [0, 0.1) is 0 Å². The maximum Gasteiger partial charge on any atom is 0.330 e. The Kier molecular flexibility index (Phi) is 11.2. The first-order valence-electron chi connectivity index (χ1n) is 10.1. The highest BCUT2D eigenvalue weighted by Gasteiger charge is 2.23. The summed E-state index contributed by atoms with van der Waals surface area (Å²) in [6.07, 6.45) is 0. The summed E-state index contributed by atoms with van der Waals surface area (Å²) in [5.74, 6) is -2.07. The predicted molar refractivity (Wildman–Crippen MR) is 128 cm³/mol. The van der Waals surface area contributed by atoms with Gasteiger partial charge < -0.3 is 15.4 Å². The van der Waals surface area contributed by atoms with Gasteiger partial charge in [0.25, 0.3) is 0 Å². The van der Waals surface area contributed by atoms with Gasteiger partial charge in [-0.2, -0.15) is 0 Å². The summed E-state index contributed by atoms with van der Waals surface area (Å²) in [6, 6.07) is 15.9. The summed E-state index contributed by atoms with van der Waals surface area (Å²) < 4.78 is 4.95. The molecule has 0 aliphatic heterocycles. The normalized spacial score (nSPS) is 11.2. The van der Waals surface area contributed by atoms with Gasteiger partial charge in [-0.3, -0.25) is 19.2 Å². The second-order valence-electron chi connectivity index (χ2n) is 6.56. The maximum atomic E-state index is 12.3. The molecule has 2 N–H and O–H groups in total. The molecule has 0 fully saturated rings. The standard InChI is InChI=1S/C23H24N2O6S2/c1-2-31-21(28)18(25-20(27)15-33-23(30)17-11-7-4-8-12-17)13-24-19(26)14-32-22(29)16-9-5-3-6-10-16/h3-12,18H,2,13-15H2,1H3,(H,24,26)(H,25,27). The number of hydrogen-bond acceptors (Lipinski definition) is 8. The monoisotopic (exact) mass is 488 g/mol. The molecule has 0 bridgehead atoms. The van der Waals surface area contributed by atoms with Crippen molar-refractivity contribution in [1.82, 2.24) is 10.6 Å². The molecule has 1 atom stereocenters. The van der Waals surface area contributed by atoms with Crippen molar-refractivity contribution in [2.24, 2.45) is 0 Å². The highest BCUT2D eigenvalue weighted by molar-refractivity contribution is 8.14. The maximum absolute atomic E-state index is 12.3. The number of ether oxygens (including phenoxy) is 1. The first kappa shape index (κ1) is 26.1. The van der Waals surface area contributed by atoms with E-state index in [1.54, 1.807) is 67.6 Å². The van der Waals surface area contributed by atoms with Crippen molar-refractivity contribution in [2.75, 3.05) is 24.7 Å². The lowest BCUT2D eigenvalue weighted by atomic mass is 10.2. The molecule has 0 radical (unpaired) electrons. The molecule has 0 aromatic heterocycles. The van der Waals surface area contributed by atoms with E-state index in [4.69, 9.17) is 4.74 Å². The van der Waals surface area contributed by atoms with Crippen molar-refractivity contribution in [1.29, 1.82) is 0 Å².